The molecule has 0 radical (unpaired) electrons. The monoisotopic (exact) mass is 260 g/mol. The van der Waals surface area contributed by atoms with Crippen LogP contribution in [-0.2, 0) is 6.54 Å². The van der Waals surface area contributed by atoms with Gasteiger partial charge in [0.2, 0.25) is 0 Å². The number of rotatable bonds is 4. The average molecular weight is 260 g/mol. The van der Waals surface area contributed by atoms with Crippen LogP contribution >= 0.6 is 0 Å². The Morgan fingerprint density at radius 3 is 2.74 bits per heavy atom. The van der Waals surface area contributed by atoms with E-state index in [0.717, 1.165) is 5.69 Å². The first kappa shape index (κ1) is 13.1. The van der Waals surface area contributed by atoms with Crippen molar-refractivity contribution in [3.63, 3.8) is 0 Å². The van der Waals surface area contributed by atoms with Crippen molar-refractivity contribution in [1.29, 1.82) is 0 Å². The molecule has 2 rings (SSSR count). The number of hydrazine groups is 1. The van der Waals surface area contributed by atoms with E-state index >= 15 is 0 Å². The molecule has 0 atom stereocenters. The molecule has 0 spiro atoms. The molecule has 0 aliphatic rings. The highest BCUT2D eigenvalue weighted by Crippen LogP contribution is 2.16. The number of amides is 1. The van der Waals surface area contributed by atoms with Crippen LogP contribution in [0.1, 0.15) is 21.8 Å². The molecule has 0 fully saturated rings. The summed E-state index contributed by atoms with van der Waals surface area (Å²) >= 11 is 0. The molecule has 100 valence electrons. The zero-order valence-corrected chi connectivity index (χ0v) is 10.9. The van der Waals surface area contributed by atoms with Gasteiger partial charge in [0, 0.05) is 18.8 Å². The summed E-state index contributed by atoms with van der Waals surface area (Å²) in [5, 5.41) is 3.65. The minimum Gasteiger partial charge on any atom is -0.367 e. The van der Waals surface area contributed by atoms with Crippen LogP contribution < -0.4 is 16.2 Å². The predicted molar refractivity (Wildman–Crippen MR) is 71.4 cm³/mol. The van der Waals surface area contributed by atoms with E-state index in [4.69, 9.17) is 10.4 Å². The molecule has 0 saturated carbocycles. The number of carbonyl (C=O) groups excluding carboxylic acids is 1. The number of nitrogens with zero attached hydrogens (tertiary/aromatic N) is 2. The highest BCUT2D eigenvalue weighted by atomic mass is 16.5. The number of aryl methyl sites for hydroxylation is 1. The number of aromatic nitrogens is 1. The SMILES string of the molecule is Cc1ccc(N(C)Cc2cc(C(=O)NN)no2)cc1. The van der Waals surface area contributed by atoms with Crippen molar-refractivity contribution >= 4 is 11.6 Å². The third-order valence-electron chi connectivity index (χ3n) is 2.79. The fourth-order valence-corrected chi connectivity index (χ4v) is 1.69. The van der Waals surface area contributed by atoms with E-state index in [9.17, 15) is 4.79 Å². The van der Waals surface area contributed by atoms with Crippen LogP contribution in [-0.4, -0.2) is 18.1 Å². The quantitative estimate of drug-likeness (QED) is 0.490. The number of nitrogens with one attached hydrogen (secondary N) is 1. The van der Waals surface area contributed by atoms with Gasteiger partial charge in [0.25, 0.3) is 5.91 Å². The van der Waals surface area contributed by atoms with Crippen LogP contribution in [0.5, 0.6) is 0 Å². The van der Waals surface area contributed by atoms with Gasteiger partial charge in [-0.05, 0) is 19.1 Å². The van der Waals surface area contributed by atoms with E-state index in [1.165, 1.54) is 5.56 Å². The summed E-state index contributed by atoms with van der Waals surface area (Å²) in [7, 11) is 1.94. The lowest BCUT2D eigenvalue weighted by molar-refractivity contribution is 0.0944. The van der Waals surface area contributed by atoms with Crippen molar-refractivity contribution in [3.8, 4) is 0 Å². The van der Waals surface area contributed by atoms with Gasteiger partial charge in [-0.2, -0.15) is 0 Å². The van der Waals surface area contributed by atoms with E-state index < -0.39 is 5.91 Å². The van der Waals surface area contributed by atoms with Gasteiger partial charge in [-0.3, -0.25) is 10.2 Å². The second-order valence-electron chi connectivity index (χ2n) is 4.34. The smallest absolute Gasteiger partial charge is 0.287 e. The summed E-state index contributed by atoms with van der Waals surface area (Å²) in [4.78, 5) is 13.3. The normalized spacial score (nSPS) is 10.3. The lowest BCUT2D eigenvalue weighted by Crippen LogP contribution is -2.30. The number of hydrogen-bond acceptors (Lipinski definition) is 5. The molecule has 0 unspecified atom stereocenters. The number of benzene rings is 1. The summed E-state index contributed by atoms with van der Waals surface area (Å²) < 4.78 is 5.10. The maximum absolute atomic E-state index is 11.2. The predicted octanol–water partition coefficient (Wildman–Crippen LogP) is 1.22. The Morgan fingerprint density at radius 1 is 1.42 bits per heavy atom. The fraction of sp³-hybridized carbons (Fsp3) is 0.231. The molecule has 19 heavy (non-hydrogen) atoms. The first-order valence-electron chi connectivity index (χ1n) is 5.84. The maximum atomic E-state index is 11.2. The molecule has 6 nitrogen and oxygen atoms in total. The Labute approximate surface area is 111 Å². The highest BCUT2D eigenvalue weighted by molar-refractivity contribution is 5.91. The van der Waals surface area contributed by atoms with E-state index in [0.29, 0.717) is 12.3 Å². The van der Waals surface area contributed by atoms with Crippen LogP contribution in [0, 0.1) is 6.92 Å². The topological polar surface area (TPSA) is 84.4 Å². The summed E-state index contributed by atoms with van der Waals surface area (Å²) in [6.45, 7) is 2.56. The third-order valence-corrected chi connectivity index (χ3v) is 2.79. The molecule has 0 aliphatic carbocycles. The van der Waals surface area contributed by atoms with Gasteiger partial charge >= 0.3 is 0 Å². The zero-order valence-electron chi connectivity index (χ0n) is 10.9. The van der Waals surface area contributed by atoms with Crippen molar-refractivity contribution in [2.24, 2.45) is 5.84 Å². The number of anilines is 1. The highest BCUT2D eigenvalue weighted by Gasteiger charge is 2.12. The van der Waals surface area contributed by atoms with Crippen molar-refractivity contribution in [3.05, 3.63) is 47.3 Å². The molecule has 3 N–H and O–H groups in total. The minimum absolute atomic E-state index is 0.176. The molecule has 1 aromatic carbocycles. The molecule has 6 heteroatoms. The van der Waals surface area contributed by atoms with Gasteiger partial charge in [0.15, 0.2) is 11.5 Å². The first-order chi connectivity index (χ1) is 9.10. The maximum Gasteiger partial charge on any atom is 0.287 e. The lowest BCUT2D eigenvalue weighted by Gasteiger charge is -2.17. The van der Waals surface area contributed by atoms with Gasteiger partial charge in [-0.15, -0.1) is 0 Å². The standard InChI is InChI=1S/C13H16N4O2/c1-9-3-5-10(6-4-9)17(2)8-11-7-12(16-19-11)13(18)15-14/h3-7H,8,14H2,1-2H3,(H,15,18). The van der Waals surface area contributed by atoms with E-state index in [1.807, 2.05) is 48.6 Å². The molecule has 1 amide bonds. The molecule has 2 aromatic rings. The third kappa shape index (κ3) is 3.11. The molecule has 1 aromatic heterocycles. The van der Waals surface area contributed by atoms with Gasteiger partial charge < -0.3 is 9.42 Å². The van der Waals surface area contributed by atoms with E-state index in [-0.39, 0.29) is 5.69 Å². The molecular weight excluding hydrogens is 244 g/mol. The Bertz CT molecular complexity index is 562. The zero-order chi connectivity index (χ0) is 13.8. The van der Waals surface area contributed by atoms with Crippen LogP contribution in [0.15, 0.2) is 34.9 Å². The van der Waals surface area contributed by atoms with Gasteiger partial charge in [-0.1, -0.05) is 22.9 Å². The Hall–Kier alpha value is -2.34. The van der Waals surface area contributed by atoms with Gasteiger partial charge in [-0.25, -0.2) is 5.84 Å². The summed E-state index contributed by atoms with van der Waals surface area (Å²) in [5.74, 6) is 5.16. The second kappa shape index (κ2) is 5.53. The molecule has 1 heterocycles. The number of nitrogen functional groups attached to an aromatic ring is 1. The molecular formula is C13H16N4O2. The Balaban J connectivity index is 2.06. The van der Waals surface area contributed by atoms with Crippen molar-refractivity contribution < 1.29 is 9.32 Å². The van der Waals surface area contributed by atoms with Crippen LogP contribution in [0.3, 0.4) is 0 Å². The van der Waals surface area contributed by atoms with E-state index in [2.05, 4.69) is 5.16 Å². The second-order valence-corrected chi connectivity index (χ2v) is 4.34. The summed E-state index contributed by atoms with van der Waals surface area (Å²) in [5.41, 5.74) is 4.46. The largest absolute Gasteiger partial charge is 0.367 e. The fourth-order valence-electron chi connectivity index (χ4n) is 1.69. The van der Waals surface area contributed by atoms with Crippen LogP contribution in [0.4, 0.5) is 5.69 Å². The van der Waals surface area contributed by atoms with Crippen LogP contribution in [0.2, 0.25) is 0 Å². The summed E-state index contributed by atoms with van der Waals surface area (Å²) in [6.07, 6.45) is 0. The van der Waals surface area contributed by atoms with Crippen molar-refractivity contribution in [1.82, 2.24) is 10.6 Å². The first-order valence-corrected chi connectivity index (χ1v) is 5.84. The summed E-state index contributed by atoms with van der Waals surface area (Å²) in [6, 6.07) is 9.71. The number of hydrogen-bond donors (Lipinski definition) is 2. The van der Waals surface area contributed by atoms with Crippen molar-refractivity contribution in [2.45, 2.75) is 13.5 Å². The van der Waals surface area contributed by atoms with Crippen LogP contribution in [0.25, 0.3) is 0 Å². The number of nitrogens with two attached hydrogens (primary N) is 1. The Kier molecular flexibility index (Phi) is 3.82. The molecule has 0 aliphatic heterocycles. The lowest BCUT2D eigenvalue weighted by atomic mass is 10.2. The molecule has 0 bridgehead atoms. The number of carbonyl (C=O) groups is 1. The van der Waals surface area contributed by atoms with Gasteiger partial charge in [0.1, 0.15) is 0 Å². The average Bonchev–Trinajstić information content (AvgIpc) is 2.87. The van der Waals surface area contributed by atoms with Gasteiger partial charge in [0.05, 0.1) is 6.54 Å². The minimum atomic E-state index is -0.465. The Morgan fingerprint density at radius 2 is 2.11 bits per heavy atom. The van der Waals surface area contributed by atoms with E-state index in [1.54, 1.807) is 6.07 Å². The van der Waals surface area contributed by atoms with Crippen molar-refractivity contribution in [2.75, 3.05) is 11.9 Å². The molecule has 0 saturated heterocycles.